The molecule has 1 saturated heterocycles. The fraction of sp³-hybridized carbons (Fsp3) is 1.00. The highest BCUT2D eigenvalue weighted by Crippen LogP contribution is 2.15. The van der Waals surface area contributed by atoms with Crippen molar-refractivity contribution >= 4 is 8.25 Å². The van der Waals surface area contributed by atoms with Gasteiger partial charge in [-0.15, -0.1) is 4.52 Å². The molecule has 0 radical (unpaired) electrons. The summed E-state index contributed by atoms with van der Waals surface area (Å²) in [5.41, 5.74) is 0. The average Bonchev–Trinajstić information content (AvgIpc) is 2.41. The largest absolute Gasteiger partial charge is 0.566 e. The van der Waals surface area contributed by atoms with Crippen molar-refractivity contribution in [3.63, 3.8) is 0 Å². The van der Waals surface area contributed by atoms with Gasteiger partial charge in [0.2, 0.25) is 0 Å². The molecule has 0 amide bonds. The molecule has 0 N–H and O–H groups in total. The van der Waals surface area contributed by atoms with E-state index < -0.39 is 8.25 Å². The van der Waals surface area contributed by atoms with Crippen LogP contribution in [0.25, 0.3) is 0 Å². The van der Waals surface area contributed by atoms with Crippen molar-refractivity contribution < 1.29 is 18.7 Å². The average molecular weight is 136 g/mol. The van der Waals surface area contributed by atoms with Gasteiger partial charge in [0, 0.05) is 0 Å². The summed E-state index contributed by atoms with van der Waals surface area (Å²) in [5, 5.41) is 0. The van der Waals surface area contributed by atoms with Crippen LogP contribution in [0.3, 0.4) is 0 Å². The van der Waals surface area contributed by atoms with E-state index in [1.807, 2.05) is 0 Å². The first-order valence-corrected chi connectivity index (χ1v) is 3.27. The molecule has 1 fully saturated rings. The highest BCUT2D eigenvalue weighted by Gasteiger charge is 2.25. The van der Waals surface area contributed by atoms with Gasteiger partial charge in [0.05, 0.1) is 6.61 Å². The zero-order chi connectivity index (χ0) is 5.98. The van der Waals surface area contributed by atoms with Crippen molar-refractivity contribution in [3.05, 3.63) is 0 Å². The lowest BCUT2D eigenvalue weighted by molar-refractivity contribution is -0.185. The molecule has 1 rings (SSSR count). The van der Waals surface area contributed by atoms with E-state index in [0.29, 0.717) is 6.61 Å². The summed E-state index contributed by atoms with van der Waals surface area (Å²) in [7, 11) is -2.67. The minimum absolute atomic E-state index is 0.0305. The Kier molecular flexibility index (Phi) is 1.91. The van der Waals surface area contributed by atoms with Crippen molar-refractivity contribution in [3.8, 4) is 0 Å². The normalized spacial score (nSPS) is 27.6. The highest BCUT2D eigenvalue weighted by molar-refractivity contribution is 7.30. The molecule has 0 aliphatic carbocycles. The summed E-state index contributed by atoms with van der Waals surface area (Å²) in [6.45, 7) is 0.807. The van der Waals surface area contributed by atoms with E-state index in [1.54, 1.807) is 0 Å². The molecule has 0 spiro atoms. The molecule has 1 aliphatic heterocycles. The van der Waals surface area contributed by atoms with Gasteiger partial charge in [0.25, 0.3) is 0 Å². The van der Waals surface area contributed by atoms with Gasteiger partial charge < -0.3 is 9.63 Å². The maximum atomic E-state index is 9.69. The van der Waals surface area contributed by atoms with Crippen molar-refractivity contribution in [2.45, 2.75) is 6.10 Å². The minimum atomic E-state index is -2.67. The molecular weight excluding hydrogens is 131 g/mol. The summed E-state index contributed by atoms with van der Waals surface area (Å²) in [5.74, 6) is 0. The van der Waals surface area contributed by atoms with E-state index in [4.69, 9.17) is 0 Å². The third-order valence-electron chi connectivity index (χ3n) is 0.768. The standard InChI is InChI=1S/C3H5O4P/c4-8(5)7-2-3-1-6-3/h3H,1-2H2. The molecule has 4 nitrogen and oxygen atoms in total. The Balaban J connectivity index is 1.95. The van der Waals surface area contributed by atoms with Gasteiger partial charge in [-0.3, -0.25) is 0 Å². The van der Waals surface area contributed by atoms with Crippen LogP contribution < -0.4 is 4.89 Å². The van der Waals surface area contributed by atoms with Crippen LogP contribution in [0, 0.1) is 0 Å². The lowest BCUT2D eigenvalue weighted by Crippen LogP contribution is -1.99. The Morgan fingerprint density at radius 3 is 3.00 bits per heavy atom. The van der Waals surface area contributed by atoms with Crippen LogP contribution in [0.2, 0.25) is 0 Å². The van der Waals surface area contributed by atoms with E-state index in [1.165, 1.54) is 0 Å². The van der Waals surface area contributed by atoms with Gasteiger partial charge in [0.1, 0.15) is 12.7 Å². The first kappa shape index (κ1) is 6.11. The number of hydrogen-bond donors (Lipinski definition) is 0. The van der Waals surface area contributed by atoms with Crippen LogP contribution in [-0.2, 0) is 13.8 Å². The van der Waals surface area contributed by atoms with E-state index in [-0.39, 0.29) is 12.7 Å². The van der Waals surface area contributed by atoms with Gasteiger partial charge in [-0.25, -0.2) is 0 Å². The van der Waals surface area contributed by atoms with E-state index in [9.17, 15) is 9.46 Å². The van der Waals surface area contributed by atoms with Crippen LogP contribution in [0.5, 0.6) is 0 Å². The third-order valence-corrected chi connectivity index (χ3v) is 1.13. The first-order valence-electron chi connectivity index (χ1n) is 2.18. The van der Waals surface area contributed by atoms with E-state index >= 15 is 0 Å². The number of hydrogen-bond acceptors (Lipinski definition) is 4. The summed E-state index contributed by atoms with van der Waals surface area (Å²) >= 11 is 0. The molecule has 2 unspecified atom stereocenters. The van der Waals surface area contributed by atoms with E-state index in [0.717, 1.165) is 0 Å². The van der Waals surface area contributed by atoms with Crippen LogP contribution in [0.1, 0.15) is 0 Å². The Labute approximate surface area is 47.4 Å². The molecule has 1 heterocycles. The molecular formula is C3H5O4P. The zero-order valence-corrected chi connectivity index (χ0v) is 4.97. The molecule has 46 valence electrons. The van der Waals surface area contributed by atoms with Gasteiger partial charge >= 0.3 is 8.25 Å². The Hall–Kier alpha value is -0.0200. The quantitative estimate of drug-likeness (QED) is 0.384. The summed E-state index contributed by atoms with van der Waals surface area (Å²) in [6, 6.07) is 0. The predicted molar refractivity (Wildman–Crippen MR) is 23.3 cm³/mol. The smallest absolute Gasteiger partial charge is 0.488 e. The van der Waals surface area contributed by atoms with Crippen molar-refractivity contribution in [2.24, 2.45) is 0 Å². The van der Waals surface area contributed by atoms with Crippen molar-refractivity contribution in [1.29, 1.82) is 0 Å². The predicted octanol–water partition coefficient (Wildman–Crippen LogP) is -0.581. The minimum Gasteiger partial charge on any atom is -0.566 e. The van der Waals surface area contributed by atoms with Crippen LogP contribution in [0.15, 0.2) is 0 Å². The third kappa shape index (κ3) is 2.33. The van der Waals surface area contributed by atoms with E-state index in [2.05, 4.69) is 9.26 Å². The van der Waals surface area contributed by atoms with Gasteiger partial charge in [-0.2, -0.15) is 0 Å². The first-order chi connectivity index (χ1) is 3.79. The fourth-order valence-corrected chi connectivity index (χ4v) is 0.596. The van der Waals surface area contributed by atoms with Crippen LogP contribution in [0.4, 0.5) is 0 Å². The molecule has 0 aromatic rings. The maximum absolute atomic E-state index is 9.69. The SMILES string of the molecule is O=[P+]([O-])OCC1CO1. The highest BCUT2D eigenvalue weighted by atomic mass is 31.1. The number of rotatable bonds is 3. The van der Waals surface area contributed by atoms with Crippen molar-refractivity contribution in [2.75, 3.05) is 13.2 Å². The summed E-state index contributed by atoms with van der Waals surface area (Å²) in [6.07, 6.45) is 0.0305. The van der Waals surface area contributed by atoms with Gasteiger partial charge in [0.15, 0.2) is 0 Å². The van der Waals surface area contributed by atoms with Gasteiger partial charge in [-0.1, -0.05) is 0 Å². The van der Waals surface area contributed by atoms with Crippen LogP contribution >= 0.6 is 8.25 Å². The second kappa shape index (κ2) is 2.51. The number of epoxide rings is 1. The molecule has 0 aromatic heterocycles. The topological polar surface area (TPSA) is 61.9 Å². The molecule has 5 heteroatoms. The second-order valence-corrected chi connectivity index (χ2v) is 2.18. The Morgan fingerprint density at radius 2 is 2.62 bits per heavy atom. The zero-order valence-electron chi connectivity index (χ0n) is 4.07. The Bertz CT molecular complexity index is 99.5. The molecule has 0 aromatic carbocycles. The molecule has 2 atom stereocenters. The molecule has 0 saturated carbocycles. The number of ether oxygens (including phenoxy) is 1. The van der Waals surface area contributed by atoms with Crippen molar-refractivity contribution in [1.82, 2.24) is 0 Å². The maximum Gasteiger partial charge on any atom is 0.488 e. The molecule has 8 heavy (non-hydrogen) atoms. The van der Waals surface area contributed by atoms with Crippen LogP contribution in [-0.4, -0.2) is 19.3 Å². The fourth-order valence-electron chi connectivity index (χ4n) is 0.308. The monoisotopic (exact) mass is 136 g/mol. The Morgan fingerprint density at radius 1 is 2.00 bits per heavy atom. The molecule has 1 aliphatic rings. The second-order valence-electron chi connectivity index (χ2n) is 1.47. The lowest BCUT2D eigenvalue weighted by atomic mass is 10.5. The van der Waals surface area contributed by atoms with Gasteiger partial charge in [-0.05, 0) is 4.57 Å². The summed E-state index contributed by atoms with van der Waals surface area (Å²) < 4.78 is 18.6. The lowest BCUT2D eigenvalue weighted by Gasteiger charge is -1.83. The summed E-state index contributed by atoms with van der Waals surface area (Å²) in [4.78, 5) is 9.69. The molecule has 0 bridgehead atoms.